The number of ketones is 1. The molecule has 7 heteroatoms. The van der Waals surface area contributed by atoms with Gasteiger partial charge in [-0.3, -0.25) is 14.4 Å². The molecule has 0 heterocycles. The van der Waals surface area contributed by atoms with Crippen LogP contribution in [0.3, 0.4) is 0 Å². The summed E-state index contributed by atoms with van der Waals surface area (Å²) in [5, 5.41) is 4.95. The van der Waals surface area contributed by atoms with E-state index in [-0.39, 0.29) is 11.7 Å². The standard InChI is InChI=1S/C16H20N2O5/c1-9(17-12(4)20)16(22)23-11(3)15(21)18-14-7-5-13(6-8-14)10(2)19/h5-9,11H,1-4H3,(H,17,20)(H,18,21)/t9-,11+/m0/s1. The van der Waals surface area contributed by atoms with Gasteiger partial charge in [0.15, 0.2) is 11.9 Å². The third-order valence-electron chi connectivity index (χ3n) is 2.99. The molecule has 0 aliphatic heterocycles. The van der Waals surface area contributed by atoms with Crippen molar-refractivity contribution in [1.82, 2.24) is 5.32 Å². The van der Waals surface area contributed by atoms with E-state index in [0.29, 0.717) is 11.3 Å². The molecule has 2 atom stereocenters. The lowest BCUT2D eigenvalue weighted by Gasteiger charge is -2.17. The summed E-state index contributed by atoms with van der Waals surface area (Å²) in [6, 6.07) is 5.52. The molecule has 0 aromatic heterocycles. The van der Waals surface area contributed by atoms with Gasteiger partial charge in [-0.1, -0.05) is 0 Å². The van der Waals surface area contributed by atoms with Gasteiger partial charge in [0, 0.05) is 18.2 Å². The third-order valence-corrected chi connectivity index (χ3v) is 2.99. The normalized spacial score (nSPS) is 12.7. The highest BCUT2D eigenvalue weighted by atomic mass is 16.5. The number of carbonyl (C=O) groups excluding carboxylic acids is 4. The molecular formula is C16H20N2O5. The first-order valence-corrected chi connectivity index (χ1v) is 7.10. The summed E-state index contributed by atoms with van der Waals surface area (Å²) in [6.45, 7) is 5.63. The fraction of sp³-hybridized carbons (Fsp3) is 0.375. The van der Waals surface area contributed by atoms with Crippen LogP contribution >= 0.6 is 0 Å². The molecule has 2 N–H and O–H groups in total. The summed E-state index contributed by atoms with van der Waals surface area (Å²) in [5.41, 5.74) is 1.02. The molecule has 1 rings (SSSR count). The second-order valence-electron chi connectivity index (χ2n) is 5.12. The van der Waals surface area contributed by atoms with Gasteiger partial charge in [-0.15, -0.1) is 0 Å². The molecule has 0 spiro atoms. The highest BCUT2D eigenvalue weighted by Crippen LogP contribution is 2.11. The van der Waals surface area contributed by atoms with E-state index in [1.54, 1.807) is 24.3 Å². The van der Waals surface area contributed by atoms with E-state index in [4.69, 9.17) is 4.74 Å². The molecule has 0 saturated heterocycles. The summed E-state index contributed by atoms with van der Waals surface area (Å²) >= 11 is 0. The molecule has 1 aromatic rings. The highest BCUT2D eigenvalue weighted by molar-refractivity contribution is 5.97. The maximum atomic E-state index is 12.0. The van der Waals surface area contributed by atoms with Gasteiger partial charge in [0.1, 0.15) is 6.04 Å². The number of hydrogen-bond acceptors (Lipinski definition) is 5. The lowest BCUT2D eigenvalue weighted by atomic mass is 10.1. The Morgan fingerprint density at radius 1 is 1.00 bits per heavy atom. The molecule has 1 aromatic carbocycles. The van der Waals surface area contributed by atoms with Crippen LogP contribution in [0.4, 0.5) is 5.69 Å². The fourth-order valence-electron chi connectivity index (χ4n) is 1.73. The number of rotatable bonds is 6. The zero-order valence-corrected chi connectivity index (χ0v) is 13.5. The van der Waals surface area contributed by atoms with Crippen molar-refractivity contribution in [3.8, 4) is 0 Å². The maximum absolute atomic E-state index is 12.0. The smallest absolute Gasteiger partial charge is 0.329 e. The SMILES string of the molecule is CC(=O)N[C@@H](C)C(=O)O[C@H](C)C(=O)Nc1ccc(C(C)=O)cc1. The van der Waals surface area contributed by atoms with Crippen LogP contribution in [0.2, 0.25) is 0 Å². The van der Waals surface area contributed by atoms with E-state index in [2.05, 4.69) is 10.6 Å². The Kier molecular flexibility index (Phi) is 6.44. The van der Waals surface area contributed by atoms with Gasteiger partial charge in [0.2, 0.25) is 5.91 Å². The van der Waals surface area contributed by atoms with Crippen LogP contribution in [0.5, 0.6) is 0 Å². The van der Waals surface area contributed by atoms with E-state index in [9.17, 15) is 19.2 Å². The summed E-state index contributed by atoms with van der Waals surface area (Å²) in [7, 11) is 0. The van der Waals surface area contributed by atoms with Crippen molar-refractivity contribution in [3.63, 3.8) is 0 Å². The molecule has 7 nitrogen and oxygen atoms in total. The highest BCUT2D eigenvalue weighted by Gasteiger charge is 2.22. The molecule has 0 unspecified atom stereocenters. The Balaban J connectivity index is 2.58. The molecule has 0 fully saturated rings. The van der Waals surface area contributed by atoms with Crippen LogP contribution in [0, 0.1) is 0 Å². The number of Topliss-reactive ketones (excluding diaryl/α,β-unsaturated/α-hetero) is 1. The van der Waals surface area contributed by atoms with Crippen molar-refractivity contribution in [2.45, 2.75) is 39.8 Å². The van der Waals surface area contributed by atoms with E-state index in [1.165, 1.54) is 27.7 Å². The Hall–Kier alpha value is -2.70. The first-order valence-electron chi connectivity index (χ1n) is 7.10. The minimum Gasteiger partial charge on any atom is -0.451 e. The van der Waals surface area contributed by atoms with Crippen LogP contribution in [-0.4, -0.2) is 35.7 Å². The van der Waals surface area contributed by atoms with E-state index < -0.39 is 24.0 Å². The number of carbonyl (C=O) groups is 4. The van der Waals surface area contributed by atoms with Crippen molar-refractivity contribution in [3.05, 3.63) is 29.8 Å². The molecule has 0 radical (unpaired) electrons. The first-order chi connectivity index (χ1) is 10.7. The van der Waals surface area contributed by atoms with Gasteiger partial charge in [-0.05, 0) is 45.0 Å². The largest absolute Gasteiger partial charge is 0.451 e. The van der Waals surface area contributed by atoms with Crippen molar-refractivity contribution in [2.24, 2.45) is 0 Å². The Labute approximate surface area is 134 Å². The lowest BCUT2D eigenvalue weighted by molar-refractivity contribution is -0.155. The van der Waals surface area contributed by atoms with Crippen molar-refractivity contribution >= 4 is 29.3 Å². The number of amides is 2. The Bertz CT molecular complexity index is 609. The number of benzene rings is 1. The quantitative estimate of drug-likeness (QED) is 0.607. The first kappa shape index (κ1) is 18.3. The van der Waals surface area contributed by atoms with Crippen LogP contribution in [-0.2, 0) is 19.1 Å². The molecule has 0 aliphatic rings. The third kappa shape index (κ3) is 5.90. The van der Waals surface area contributed by atoms with Crippen molar-refractivity contribution in [2.75, 3.05) is 5.32 Å². The molecular weight excluding hydrogens is 300 g/mol. The second-order valence-corrected chi connectivity index (χ2v) is 5.12. The maximum Gasteiger partial charge on any atom is 0.329 e. The predicted octanol–water partition coefficient (Wildman–Crippen LogP) is 1.28. The van der Waals surface area contributed by atoms with Crippen LogP contribution in [0.25, 0.3) is 0 Å². The zero-order chi connectivity index (χ0) is 17.6. The Morgan fingerprint density at radius 2 is 1.57 bits per heavy atom. The molecule has 2 amide bonds. The second kappa shape index (κ2) is 8.07. The summed E-state index contributed by atoms with van der Waals surface area (Å²) in [4.78, 5) is 45.7. The average Bonchev–Trinajstić information content (AvgIpc) is 2.46. The average molecular weight is 320 g/mol. The Morgan fingerprint density at radius 3 is 2.04 bits per heavy atom. The molecule has 0 saturated carbocycles. The predicted molar refractivity (Wildman–Crippen MR) is 83.9 cm³/mol. The minimum absolute atomic E-state index is 0.0721. The number of esters is 1. The number of anilines is 1. The van der Waals surface area contributed by atoms with Gasteiger partial charge in [0.05, 0.1) is 0 Å². The summed E-state index contributed by atoms with van der Waals surface area (Å²) in [5.74, 6) is -1.65. The van der Waals surface area contributed by atoms with E-state index in [1.807, 2.05) is 0 Å². The van der Waals surface area contributed by atoms with Crippen LogP contribution in [0.15, 0.2) is 24.3 Å². The van der Waals surface area contributed by atoms with Gasteiger partial charge in [-0.2, -0.15) is 0 Å². The molecule has 0 aliphatic carbocycles. The van der Waals surface area contributed by atoms with Crippen LogP contribution < -0.4 is 10.6 Å². The molecule has 124 valence electrons. The molecule has 23 heavy (non-hydrogen) atoms. The number of hydrogen-bond donors (Lipinski definition) is 2. The lowest BCUT2D eigenvalue weighted by Crippen LogP contribution is -2.41. The van der Waals surface area contributed by atoms with Gasteiger partial charge in [0.25, 0.3) is 5.91 Å². The minimum atomic E-state index is -1.02. The van der Waals surface area contributed by atoms with E-state index in [0.717, 1.165) is 0 Å². The van der Waals surface area contributed by atoms with Gasteiger partial charge < -0.3 is 15.4 Å². The zero-order valence-electron chi connectivity index (χ0n) is 13.5. The summed E-state index contributed by atoms with van der Waals surface area (Å²) in [6.07, 6.45) is -1.02. The van der Waals surface area contributed by atoms with Gasteiger partial charge in [-0.25, -0.2) is 4.79 Å². The molecule has 0 bridgehead atoms. The van der Waals surface area contributed by atoms with Gasteiger partial charge >= 0.3 is 5.97 Å². The monoisotopic (exact) mass is 320 g/mol. The summed E-state index contributed by atoms with van der Waals surface area (Å²) < 4.78 is 4.99. The topological polar surface area (TPSA) is 102 Å². The van der Waals surface area contributed by atoms with E-state index >= 15 is 0 Å². The van der Waals surface area contributed by atoms with Crippen molar-refractivity contribution in [1.29, 1.82) is 0 Å². The number of nitrogens with one attached hydrogen (secondary N) is 2. The number of ether oxygens (including phenoxy) is 1. The fourth-order valence-corrected chi connectivity index (χ4v) is 1.73. The van der Waals surface area contributed by atoms with Crippen molar-refractivity contribution < 1.29 is 23.9 Å². The van der Waals surface area contributed by atoms with Crippen LogP contribution in [0.1, 0.15) is 38.1 Å².